The third-order valence-corrected chi connectivity index (χ3v) is 4.01. The van der Waals surface area contributed by atoms with E-state index in [0.717, 1.165) is 0 Å². The van der Waals surface area contributed by atoms with Gasteiger partial charge in [0.05, 0.1) is 12.6 Å². The molecule has 4 amide bonds. The number of carboxylic acid groups (broad SMARTS) is 1. The predicted octanol–water partition coefficient (Wildman–Crippen LogP) is -2.18. The minimum atomic E-state index is -1.16. The van der Waals surface area contributed by atoms with Gasteiger partial charge < -0.3 is 32.5 Å². The van der Waals surface area contributed by atoms with Crippen LogP contribution in [0.25, 0.3) is 0 Å². The first-order valence-electron chi connectivity index (χ1n) is 8.63. The summed E-state index contributed by atoms with van der Waals surface area (Å²) in [4.78, 5) is 57.5. The number of carbonyl (C=O) groups excluding carboxylic acids is 4. The third kappa shape index (κ3) is 9.54. The zero-order chi connectivity index (χ0) is 21.1. The van der Waals surface area contributed by atoms with Crippen molar-refractivity contribution in [3.63, 3.8) is 0 Å². The zero-order valence-electron chi connectivity index (χ0n) is 15.8. The van der Waals surface area contributed by atoms with Crippen LogP contribution < -0.4 is 27.4 Å². The van der Waals surface area contributed by atoms with E-state index in [4.69, 9.17) is 16.6 Å². The van der Waals surface area contributed by atoms with Gasteiger partial charge >= 0.3 is 5.97 Å². The number of carboxylic acids is 1. The van der Waals surface area contributed by atoms with Crippen LogP contribution in [0, 0.1) is 5.92 Å². The summed E-state index contributed by atoms with van der Waals surface area (Å²) in [6.45, 7) is 4.45. The summed E-state index contributed by atoms with van der Waals surface area (Å²) in [5.41, 5.74) is 10.6. The van der Waals surface area contributed by atoms with E-state index in [0.29, 0.717) is 6.42 Å². The van der Waals surface area contributed by atoms with E-state index in [-0.39, 0.29) is 18.8 Å². The van der Waals surface area contributed by atoms with E-state index in [1.807, 2.05) is 0 Å². The second-order valence-corrected chi connectivity index (χ2v) is 6.33. The second-order valence-electron chi connectivity index (χ2n) is 6.33. The van der Waals surface area contributed by atoms with Crippen molar-refractivity contribution in [3.8, 4) is 0 Å². The Labute approximate surface area is 157 Å². The highest BCUT2D eigenvalue weighted by Gasteiger charge is 2.26. The summed E-state index contributed by atoms with van der Waals surface area (Å²) in [5, 5.41) is 16.1. The summed E-state index contributed by atoms with van der Waals surface area (Å²) >= 11 is 0. The molecule has 0 aromatic carbocycles. The summed E-state index contributed by atoms with van der Waals surface area (Å²) < 4.78 is 0. The van der Waals surface area contributed by atoms with E-state index >= 15 is 0 Å². The van der Waals surface area contributed by atoms with Gasteiger partial charge in [-0.15, -0.1) is 0 Å². The molecule has 0 fully saturated rings. The van der Waals surface area contributed by atoms with Gasteiger partial charge in [-0.3, -0.25) is 19.2 Å². The highest BCUT2D eigenvalue weighted by atomic mass is 16.4. The monoisotopic (exact) mass is 387 g/mol. The molecule has 0 aliphatic rings. The van der Waals surface area contributed by atoms with Crippen molar-refractivity contribution < 1.29 is 29.1 Å². The standard InChI is InChI=1S/C16H29N5O6/c1-4-8(2)13(16(26)27)21-12(23)7-19-14(24)9(3)20-15(25)10(17)5-6-11(18)22/h8-10,13H,4-7,17H2,1-3H3,(H2,18,22)(H,19,24)(H,20,25)(H,21,23)(H,26,27). The van der Waals surface area contributed by atoms with Crippen LogP contribution in [0.3, 0.4) is 0 Å². The van der Waals surface area contributed by atoms with Gasteiger partial charge in [-0.25, -0.2) is 4.79 Å². The highest BCUT2D eigenvalue weighted by Crippen LogP contribution is 2.07. The lowest BCUT2D eigenvalue weighted by molar-refractivity contribution is -0.143. The SMILES string of the molecule is CCC(C)C(NC(=O)CNC(=O)C(C)NC(=O)C(N)CCC(N)=O)C(=O)O. The average Bonchev–Trinajstić information content (AvgIpc) is 2.60. The molecule has 4 atom stereocenters. The number of nitrogens with one attached hydrogen (secondary N) is 3. The zero-order valence-corrected chi connectivity index (χ0v) is 15.8. The van der Waals surface area contributed by atoms with Gasteiger partial charge in [0.15, 0.2) is 0 Å². The van der Waals surface area contributed by atoms with E-state index in [9.17, 15) is 24.0 Å². The molecule has 0 saturated heterocycles. The van der Waals surface area contributed by atoms with E-state index in [1.54, 1.807) is 13.8 Å². The maximum Gasteiger partial charge on any atom is 0.326 e. The van der Waals surface area contributed by atoms with E-state index in [1.165, 1.54) is 6.92 Å². The fraction of sp³-hybridized carbons (Fsp3) is 0.688. The lowest BCUT2D eigenvalue weighted by Gasteiger charge is -2.21. The van der Waals surface area contributed by atoms with Crippen molar-refractivity contribution >= 4 is 29.6 Å². The van der Waals surface area contributed by atoms with Crippen LogP contribution in [-0.2, 0) is 24.0 Å². The van der Waals surface area contributed by atoms with Gasteiger partial charge in [-0.1, -0.05) is 20.3 Å². The van der Waals surface area contributed by atoms with Crippen molar-refractivity contribution in [2.75, 3.05) is 6.54 Å². The number of amides is 4. The van der Waals surface area contributed by atoms with Crippen LogP contribution in [0.15, 0.2) is 0 Å². The van der Waals surface area contributed by atoms with Crippen LogP contribution in [-0.4, -0.2) is 59.4 Å². The molecule has 0 heterocycles. The largest absolute Gasteiger partial charge is 0.480 e. The van der Waals surface area contributed by atoms with Gasteiger partial charge in [0, 0.05) is 6.42 Å². The quantitative estimate of drug-likeness (QED) is 0.219. The molecule has 0 spiro atoms. The molecule has 11 heteroatoms. The molecule has 0 bridgehead atoms. The Hall–Kier alpha value is -2.69. The smallest absolute Gasteiger partial charge is 0.326 e. The fourth-order valence-corrected chi connectivity index (χ4v) is 2.04. The Morgan fingerprint density at radius 2 is 1.63 bits per heavy atom. The molecule has 0 aliphatic heterocycles. The highest BCUT2D eigenvalue weighted by molar-refractivity contribution is 5.92. The number of carbonyl (C=O) groups is 5. The molecule has 8 N–H and O–H groups in total. The van der Waals surface area contributed by atoms with E-state index < -0.39 is 54.3 Å². The lowest BCUT2D eigenvalue weighted by atomic mass is 9.99. The van der Waals surface area contributed by atoms with Crippen molar-refractivity contribution in [3.05, 3.63) is 0 Å². The molecular formula is C16H29N5O6. The Kier molecular flexibility index (Phi) is 10.7. The Bertz CT molecular complexity index is 568. The normalized spacial score (nSPS) is 15.0. The minimum absolute atomic E-state index is 0.0457. The second kappa shape index (κ2) is 11.8. The van der Waals surface area contributed by atoms with Crippen LogP contribution >= 0.6 is 0 Å². The average molecular weight is 387 g/mol. The Balaban J connectivity index is 4.43. The topological polar surface area (TPSA) is 194 Å². The number of hydrogen-bond acceptors (Lipinski definition) is 6. The van der Waals surface area contributed by atoms with Crippen molar-refractivity contribution in [1.29, 1.82) is 0 Å². The van der Waals surface area contributed by atoms with Gasteiger partial charge in [-0.05, 0) is 19.3 Å². The summed E-state index contributed by atoms with van der Waals surface area (Å²) in [6.07, 6.45) is 0.545. The van der Waals surface area contributed by atoms with Gasteiger partial charge in [0.25, 0.3) is 0 Å². The molecule has 0 rings (SSSR count). The van der Waals surface area contributed by atoms with Gasteiger partial charge in [0.2, 0.25) is 23.6 Å². The summed E-state index contributed by atoms with van der Waals surface area (Å²) in [6, 6.07) is -3.03. The first-order valence-corrected chi connectivity index (χ1v) is 8.63. The maximum absolute atomic E-state index is 11.9. The minimum Gasteiger partial charge on any atom is -0.480 e. The van der Waals surface area contributed by atoms with Crippen LogP contribution in [0.2, 0.25) is 0 Å². The van der Waals surface area contributed by atoms with Crippen LogP contribution in [0.4, 0.5) is 0 Å². The molecule has 4 unspecified atom stereocenters. The van der Waals surface area contributed by atoms with Crippen LogP contribution in [0.5, 0.6) is 0 Å². The molecule has 0 aromatic heterocycles. The predicted molar refractivity (Wildman–Crippen MR) is 96.0 cm³/mol. The van der Waals surface area contributed by atoms with Crippen molar-refractivity contribution in [2.24, 2.45) is 17.4 Å². The molecule has 0 radical (unpaired) electrons. The summed E-state index contributed by atoms with van der Waals surface area (Å²) in [5.74, 6) is -3.96. The molecule has 0 aromatic rings. The number of hydrogen-bond donors (Lipinski definition) is 6. The van der Waals surface area contributed by atoms with Gasteiger partial charge in [0.1, 0.15) is 12.1 Å². The first-order chi connectivity index (χ1) is 12.5. The molecular weight excluding hydrogens is 358 g/mol. The Morgan fingerprint density at radius 3 is 2.11 bits per heavy atom. The molecule has 0 aliphatic carbocycles. The summed E-state index contributed by atoms with van der Waals surface area (Å²) in [7, 11) is 0. The van der Waals surface area contributed by atoms with Crippen LogP contribution in [0.1, 0.15) is 40.0 Å². The third-order valence-electron chi connectivity index (χ3n) is 4.01. The molecule has 0 saturated carbocycles. The van der Waals surface area contributed by atoms with E-state index in [2.05, 4.69) is 16.0 Å². The number of primary amides is 1. The first kappa shape index (κ1) is 24.3. The van der Waals surface area contributed by atoms with Gasteiger partial charge in [-0.2, -0.15) is 0 Å². The molecule has 11 nitrogen and oxygen atoms in total. The maximum atomic E-state index is 11.9. The fourth-order valence-electron chi connectivity index (χ4n) is 2.04. The number of rotatable bonds is 12. The van der Waals surface area contributed by atoms with Crippen molar-refractivity contribution in [1.82, 2.24) is 16.0 Å². The lowest BCUT2D eigenvalue weighted by Crippen LogP contribution is -2.53. The molecule has 27 heavy (non-hydrogen) atoms. The number of aliphatic carboxylic acids is 1. The Morgan fingerprint density at radius 1 is 1.04 bits per heavy atom. The molecule has 154 valence electrons. The number of nitrogens with two attached hydrogens (primary N) is 2. The van der Waals surface area contributed by atoms with Crippen molar-refractivity contribution in [2.45, 2.75) is 58.2 Å².